The van der Waals surface area contributed by atoms with Gasteiger partial charge < -0.3 is 0 Å². The van der Waals surface area contributed by atoms with Crippen molar-refractivity contribution in [3.05, 3.63) is 6.92 Å². The van der Waals surface area contributed by atoms with Crippen LogP contribution in [-0.2, 0) is 0 Å². The SMILES string of the molecule is [CH2]CCCC(CCCCCCCC)CCCCCCCCCCCCCCCCC. The first-order chi connectivity index (χ1) is 14.8. The van der Waals surface area contributed by atoms with Crippen LogP contribution in [0.1, 0.15) is 181 Å². The van der Waals surface area contributed by atoms with Crippen LogP contribution in [0.25, 0.3) is 0 Å². The molecule has 0 heteroatoms. The summed E-state index contributed by atoms with van der Waals surface area (Å²) in [6.07, 6.45) is 37.7. The molecule has 0 heterocycles. The summed E-state index contributed by atoms with van der Waals surface area (Å²) in [7, 11) is 0. The van der Waals surface area contributed by atoms with Gasteiger partial charge in [-0.3, -0.25) is 0 Å². The molecule has 1 unspecified atom stereocenters. The zero-order valence-electron chi connectivity index (χ0n) is 21.7. The van der Waals surface area contributed by atoms with Crippen LogP contribution in [0.5, 0.6) is 0 Å². The highest BCUT2D eigenvalue weighted by Gasteiger charge is 2.08. The molecule has 0 fully saturated rings. The summed E-state index contributed by atoms with van der Waals surface area (Å²) < 4.78 is 0. The van der Waals surface area contributed by atoms with Gasteiger partial charge in [-0.1, -0.05) is 188 Å². The van der Waals surface area contributed by atoms with E-state index in [1.165, 1.54) is 161 Å². The second kappa shape index (κ2) is 27.0. The van der Waals surface area contributed by atoms with E-state index in [0.29, 0.717) is 0 Å². The third kappa shape index (κ3) is 24.3. The fraction of sp³-hybridized carbons (Fsp3) is 0.967. The van der Waals surface area contributed by atoms with Crippen LogP contribution in [0.15, 0.2) is 0 Å². The third-order valence-corrected chi connectivity index (χ3v) is 7.04. The van der Waals surface area contributed by atoms with Gasteiger partial charge in [0.15, 0.2) is 0 Å². The van der Waals surface area contributed by atoms with Crippen LogP contribution in [0.3, 0.4) is 0 Å². The summed E-state index contributed by atoms with van der Waals surface area (Å²) in [5.41, 5.74) is 0. The molecule has 1 radical (unpaired) electrons. The molecule has 181 valence electrons. The topological polar surface area (TPSA) is 0 Å². The summed E-state index contributed by atoms with van der Waals surface area (Å²) >= 11 is 0. The first-order valence-electron chi connectivity index (χ1n) is 14.6. The van der Waals surface area contributed by atoms with Crippen LogP contribution >= 0.6 is 0 Å². The lowest BCUT2D eigenvalue weighted by Gasteiger charge is -2.16. The quantitative estimate of drug-likeness (QED) is 0.122. The Morgan fingerprint density at radius 1 is 0.367 bits per heavy atom. The zero-order chi connectivity index (χ0) is 22.0. The molecule has 0 aromatic carbocycles. The Morgan fingerprint density at radius 2 is 0.633 bits per heavy atom. The minimum Gasteiger partial charge on any atom is -0.0654 e. The fourth-order valence-electron chi connectivity index (χ4n) is 4.88. The molecule has 0 N–H and O–H groups in total. The number of rotatable bonds is 26. The van der Waals surface area contributed by atoms with E-state index in [4.69, 9.17) is 0 Å². The van der Waals surface area contributed by atoms with E-state index in [1.54, 1.807) is 0 Å². The minimum absolute atomic E-state index is 1.000. The first-order valence-corrected chi connectivity index (χ1v) is 14.6. The smallest absolute Gasteiger partial charge is 0.0414 e. The summed E-state index contributed by atoms with van der Waals surface area (Å²) in [6, 6.07) is 0. The van der Waals surface area contributed by atoms with E-state index in [1.807, 2.05) is 0 Å². The standard InChI is InChI=1S/C30H61/c1-4-7-10-12-14-15-16-17-18-19-20-21-22-24-26-29-30(27-9-6-3)28-25-23-13-11-8-5-2/h30H,3-29H2,1-2H3. The first kappa shape index (κ1) is 30.0. The van der Waals surface area contributed by atoms with Gasteiger partial charge in [-0.15, -0.1) is 0 Å². The molecule has 0 amide bonds. The molecule has 30 heavy (non-hydrogen) atoms. The van der Waals surface area contributed by atoms with Crippen molar-refractivity contribution >= 4 is 0 Å². The Hall–Kier alpha value is 0. The lowest BCUT2D eigenvalue weighted by atomic mass is 9.90. The molecule has 0 saturated heterocycles. The van der Waals surface area contributed by atoms with Crippen molar-refractivity contribution in [1.82, 2.24) is 0 Å². The van der Waals surface area contributed by atoms with Crippen LogP contribution in [-0.4, -0.2) is 0 Å². The van der Waals surface area contributed by atoms with Crippen molar-refractivity contribution < 1.29 is 0 Å². The average molecular weight is 422 g/mol. The van der Waals surface area contributed by atoms with E-state index in [2.05, 4.69) is 20.8 Å². The Kier molecular flexibility index (Phi) is 27.0. The van der Waals surface area contributed by atoms with Gasteiger partial charge in [0.25, 0.3) is 0 Å². The molecule has 0 aliphatic heterocycles. The summed E-state index contributed by atoms with van der Waals surface area (Å²) in [5, 5.41) is 0. The van der Waals surface area contributed by atoms with Crippen molar-refractivity contribution in [3.8, 4) is 0 Å². The van der Waals surface area contributed by atoms with Crippen molar-refractivity contribution in [2.45, 2.75) is 181 Å². The Balaban J connectivity index is 3.41. The van der Waals surface area contributed by atoms with Gasteiger partial charge in [-0.2, -0.15) is 0 Å². The molecule has 0 rings (SSSR count). The van der Waals surface area contributed by atoms with Gasteiger partial charge in [0.1, 0.15) is 0 Å². The van der Waals surface area contributed by atoms with E-state index < -0.39 is 0 Å². The molecule has 1 atom stereocenters. The van der Waals surface area contributed by atoms with E-state index in [9.17, 15) is 0 Å². The Labute approximate surface area is 193 Å². The fourth-order valence-corrected chi connectivity index (χ4v) is 4.88. The predicted molar refractivity (Wildman–Crippen MR) is 140 cm³/mol. The number of hydrogen-bond donors (Lipinski definition) is 0. The van der Waals surface area contributed by atoms with Gasteiger partial charge in [0.05, 0.1) is 0 Å². The number of hydrogen-bond acceptors (Lipinski definition) is 0. The maximum atomic E-state index is 4.06. The van der Waals surface area contributed by atoms with Crippen LogP contribution in [0.2, 0.25) is 0 Å². The predicted octanol–water partition coefficient (Wildman–Crippen LogP) is 11.6. The third-order valence-electron chi connectivity index (χ3n) is 7.04. The van der Waals surface area contributed by atoms with Crippen molar-refractivity contribution in [1.29, 1.82) is 0 Å². The Morgan fingerprint density at radius 3 is 0.933 bits per heavy atom. The molecule has 0 bridgehead atoms. The highest BCUT2D eigenvalue weighted by molar-refractivity contribution is 4.62. The second-order valence-electron chi connectivity index (χ2n) is 10.2. The van der Waals surface area contributed by atoms with Gasteiger partial charge in [0.2, 0.25) is 0 Å². The molecule has 0 aromatic heterocycles. The van der Waals surface area contributed by atoms with Gasteiger partial charge in [-0.25, -0.2) is 0 Å². The second-order valence-corrected chi connectivity index (χ2v) is 10.2. The van der Waals surface area contributed by atoms with Crippen LogP contribution in [0.4, 0.5) is 0 Å². The monoisotopic (exact) mass is 421 g/mol. The molecule has 0 nitrogen and oxygen atoms in total. The zero-order valence-corrected chi connectivity index (χ0v) is 21.7. The highest BCUT2D eigenvalue weighted by Crippen LogP contribution is 2.24. The maximum Gasteiger partial charge on any atom is -0.0414 e. The minimum atomic E-state index is 1.000. The van der Waals surface area contributed by atoms with Crippen LogP contribution < -0.4 is 0 Å². The molecule has 0 spiro atoms. The highest BCUT2D eigenvalue weighted by atomic mass is 14.1. The molecular weight excluding hydrogens is 360 g/mol. The van der Waals surface area contributed by atoms with E-state index in [-0.39, 0.29) is 0 Å². The lowest BCUT2D eigenvalue weighted by Crippen LogP contribution is -2.01. The van der Waals surface area contributed by atoms with E-state index >= 15 is 0 Å². The molecule has 0 saturated carbocycles. The molecule has 0 aliphatic carbocycles. The largest absolute Gasteiger partial charge is 0.0654 e. The molecule has 0 aliphatic rings. The maximum absolute atomic E-state index is 4.06. The summed E-state index contributed by atoms with van der Waals surface area (Å²) in [6.45, 7) is 8.68. The lowest BCUT2D eigenvalue weighted by molar-refractivity contribution is 0.372. The van der Waals surface area contributed by atoms with Crippen molar-refractivity contribution in [3.63, 3.8) is 0 Å². The molecular formula is C30H61. The molecule has 0 aromatic rings. The summed E-state index contributed by atoms with van der Waals surface area (Å²) in [5.74, 6) is 1.000. The van der Waals surface area contributed by atoms with Crippen molar-refractivity contribution in [2.24, 2.45) is 5.92 Å². The van der Waals surface area contributed by atoms with Gasteiger partial charge >= 0.3 is 0 Å². The summed E-state index contributed by atoms with van der Waals surface area (Å²) in [4.78, 5) is 0. The average Bonchev–Trinajstić information content (AvgIpc) is 2.76. The van der Waals surface area contributed by atoms with Gasteiger partial charge in [-0.05, 0) is 5.92 Å². The normalized spacial score (nSPS) is 12.5. The van der Waals surface area contributed by atoms with Crippen molar-refractivity contribution in [2.75, 3.05) is 0 Å². The van der Waals surface area contributed by atoms with E-state index in [0.717, 1.165) is 12.3 Å². The Bertz CT molecular complexity index is 282. The van der Waals surface area contributed by atoms with Crippen LogP contribution in [0, 0.1) is 12.8 Å². The number of unbranched alkanes of at least 4 members (excludes halogenated alkanes) is 20. The van der Waals surface area contributed by atoms with Gasteiger partial charge in [0, 0.05) is 0 Å².